The van der Waals surface area contributed by atoms with Gasteiger partial charge in [0.2, 0.25) is 0 Å². The molecule has 0 aromatic carbocycles. The third kappa shape index (κ3) is 2.98. The minimum Gasteiger partial charge on any atom is -0.396 e. The second-order valence-electron chi connectivity index (χ2n) is 6.21. The van der Waals surface area contributed by atoms with E-state index >= 15 is 0 Å². The number of hydrogen-bond acceptors (Lipinski definition) is 2. The molecule has 2 saturated carbocycles. The smallest absolute Gasteiger partial charge is 0.0499 e. The van der Waals surface area contributed by atoms with Crippen LogP contribution in [-0.2, 0) is 0 Å². The number of nitrogens with zero attached hydrogens (tertiary/aromatic N) is 1. The summed E-state index contributed by atoms with van der Waals surface area (Å²) in [5.41, 5.74) is 0.243. The predicted octanol–water partition coefficient (Wildman–Crippen LogP) is 2.66. The van der Waals surface area contributed by atoms with E-state index < -0.39 is 0 Å². The van der Waals surface area contributed by atoms with Crippen LogP contribution < -0.4 is 0 Å². The summed E-state index contributed by atoms with van der Waals surface area (Å²) in [5, 5.41) is 9.60. The molecule has 0 aromatic rings. The first-order chi connectivity index (χ1) is 7.74. The highest BCUT2D eigenvalue weighted by molar-refractivity contribution is 4.87. The van der Waals surface area contributed by atoms with Gasteiger partial charge in [0.15, 0.2) is 0 Å². The van der Waals surface area contributed by atoms with Crippen LogP contribution in [0.1, 0.15) is 51.4 Å². The lowest BCUT2D eigenvalue weighted by atomic mass is 9.86. The maximum absolute atomic E-state index is 9.60. The summed E-state index contributed by atoms with van der Waals surface area (Å²) in [4.78, 5) is 2.48. The fraction of sp³-hybridized carbons (Fsp3) is 1.00. The summed E-state index contributed by atoms with van der Waals surface area (Å²) in [6, 6.07) is 0. The first-order valence-corrected chi connectivity index (χ1v) is 7.03. The third-order valence-electron chi connectivity index (χ3n) is 4.65. The fourth-order valence-electron chi connectivity index (χ4n) is 3.76. The van der Waals surface area contributed by atoms with E-state index in [1.54, 1.807) is 0 Å². The maximum atomic E-state index is 9.60. The largest absolute Gasteiger partial charge is 0.396 e. The van der Waals surface area contributed by atoms with Crippen molar-refractivity contribution in [2.75, 3.05) is 26.7 Å². The van der Waals surface area contributed by atoms with E-state index in [1.165, 1.54) is 57.9 Å². The Hall–Kier alpha value is -0.0800. The molecule has 0 amide bonds. The molecule has 2 nitrogen and oxygen atoms in total. The summed E-state index contributed by atoms with van der Waals surface area (Å²) in [5.74, 6) is 0.933. The van der Waals surface area contributed by atoms with E-state index in [0.29, 0.717) is 6.61 Å². The molecular weight excluding hydrogens is 198 g/mol. The molecule has 1 N–H and O–H groups in total. The Morgan fingerprint density at radius 3 is 2.31 bits per heavy atom. The van der Waals surface area contributed by atoms with Crippen LogP contribution in [0.4, 0.5) is 0 Å². The SMILES string of the molecule is CN(CC1CCCC1)CC1(CO)CCCC1. The van der Waals surface area contributed by atoms with Gasteiger partial charge in [0.25, 0.3) is 0 Å². The van der Waals surface area contributed by atoms with E-state index in [2.05, 4.69) is 11.9 Å². The number of aliphatic hydroxyl groups is 1. The van der Waals surface area contributed by atoms with Crippen molar-refractivity contribution in [2.45, 2.75) is 51.4 Å². The Kier molecular flexibility index (Phi) is 4.26. The van der Waals surface area contributed by atoms with E-state index in [9.17, 15) is 5.11 Å². The highest BCUT2D eigenvalue weighted by Gasteiger charge is 2.34. The minimum atomic E-state index is 0.243. The lowest BCUT2D eigenvalue weighted by molar-refractivity contribution is 0.0830. The van der Waals surface area contributed by atoms with Crippen LogP contribution in [0.5, 0.6) is 0 Å². The lowest BCUT2D eigenvalue weighted by Crippen LogP contribution is -2.38. The van der Waals surface area contributed by atoms with Crippen LogP contribution in [0.25, 0.3) is 0 Å². The Morgan fingerprint density at radius 1 is 1.12 bits per heavy atom. The molecule has 2 aliphatic rings. The van der Waals surface area contributed by atoms with Crippen molar-refractivity contribution < 1.29 is 5.11 Å². The summed E-state index contributed by atoms with van der Waals surface area (Å²) in [6.07, 6.45) is 10.8. The monoisotopic (exact) mass is 225 g/mol. The van der Waals surface area contributed by atoms with Gasteiger partial charge in [-0.25, -0.2) is 0 Å². The number of rotatable bonds is 5. The molecule has 0 aliphatic heterocycles. The lowest BCUT2D eigenvalue weighted by Gasteiger charge is -2.33. The van der Waals surface area contributed by atoms with Crippen molar-refractivity contribution in [1.82, 2.24) is 4.90 Å². The van der Waals surface area contributed by atoms with Gasteiger partial charge in [0, 0.05) is 25.1 Å². The van der Waals surface area contributed by atoms with Gasteiger partial charge < -0.3 is 10.0 Å². The predicted molar refractivity (Wildman–Crippen MR) is 67.4 cm³/mol. The van der Waals surface area contributed by atoms with Crippen molar-refractivity contribution in [3.63, 3.8) is 0 Å². The molecule has 0 saturated heterocycles. The quantitative estimate of drug-likeness (QED) is 0.777. The van der Waals surface area contributed by atoms with Crippen molar-refractivity contribution in [2.24, 2.45) is 11.3 Å². The zero-order chi connectivity index (χ0) is 11.4. The topological polar surface area (TPSA) is 23.5 Å². The Labute approximate surface area is 100 Å². The van der Waals surface area contributed by atoms with E-state index in [4.69, 9.17) is 0 Å². The highest BCUT2D eigenvalue weighted by atomic mass is 16.3. The molecule has 0 unspecified atom stereocenters. The summed E-state index contributed by atoms with van der Waals surface area (Å²) < 4.78 is 0. The van der Waals surface area contributed by atoms with Crippen LogP contribution in [0, 0.1) is 11.3 Å². The van der Waals surface area contributed by atoms with Crippen LogP contribution >= 0.6 is 0 Å². The Balaban J connectivity index is 1.78. The van der Waals surface area contributed by atoms with Gasteiger partial charge in [0.1, 0.15) is 0 Å². The standard InChI is InChI=1S/C14H27NO/c1-15(10-13-6-2-3-7-13)11-14(12-16)8-4-5-9-14/h13,16H,2-12H2,1H3. The van der Waals surface area contributed by atoms with Gasteiger partial charge in [0.05, 0.1) is 0 Å². The molecule has 94 valence electrons. The number of hydrogen-bond donors (Lipinski definition) is 1. The van der Waals surface area contributed by atoms with Gasteiger partial charge in [-0.1, -0.05) is 25.7 Å². The van der Waals surface area contributed by atoms with Crippen molar-refractivity contribution in [3.8, 4) is 0 Å². The van der Waals surface area contributed by atoms with Crippen LogP contribution in [0.15, 0.2) is 0 Å². The van der Waals surface area contributed by atoms with E-state index in [0.717, 1.165) is 12.5 Å². The molecule has 2 aliphatic carbocycles. The molecule has 0 radical (unpaired) electrons. The van der Waals surface area contributed by atoms with Gasteiger partial charge >= 0.3 is 0 Å². The van der Waals surface area contributed by atoms with Gasteiger partial charge in [-0.15, -0.1) is 0 Å². The molecule has 2 heteroatoms. The fourth-order valence-corrected chi connectivity index (χ4v) is 3.76. The summed E-state index contributed by atoms with van der Waals surface area (Å²) >= 11 is 0. The van der Waals surface area contributed by atoms with E-state index in [1.807, 2.05) is 0 Å². The average Bonchev–Trinajstić information content (AvgIpc) is 2.90. The molecule has 0 aromatic heterocycles. The van der Waals surface area contributed by atoms with Gasteiger partial charge in [-0.2, -0.15) is 0 Å². The zero-order valence-corrected chi connectivity index (χ0v) is 10.7. The first kappa shape index (κ1) is 12.4. The van der Waals surface area contributed by atoms with Crippen LogP contribution in [-0.4, -0.2) is 36.8 Å². The zero-order valence-electron chi connectivity index (χ0n) is 10.7. The minimum absolute atomic E-state index is 0.243. The van der Waals surface area contributed by atoms with Gasteiger partial charge in [-0.05, 0) is 38.6 Å². The average molecular weight is 225 g/mol. The normalized spacial score (nSPS) is 25.7. The van der Waals surface area contributed by atoms with Crippen LogP contribution in [0.2, 0.25) is 0 Å². The summed E-state index contributed by atoms with van der Waals surface area (Å²) in [7, 11) is 2.24. The third-order valence-corrected chi connectivity index (χ3v) is 4.65. The molecule has 2 rings (SSSR count). The first-order valence-electron chi connectivity index (χ1n) is 7.03. The molecule has 0 bridgehead atoms. The van der Waals surface area contributed by atoms with Crippen molar-refractivity contribution in [1.29, 1.82) is 0 Å². The van der Waals surface area contributed by atoms with E-state index in [-0.39, 0.29) is 5.41 Å². The molecule has 0 atom stereocenters. The maximum Gasteiger partial charge on any atom is 0.0499 e. The second kappa shape index (κ2) is 5.50. The second-order valence-corrected chi connectivity index (χ2v) is 6.21. The highest BCUT2D eigenvalue weighted by Crippen LogP contribution is 2.38. The Bertz CT molecular complexity index is 205. The molecule has 2 fully saturated rings. The molecular formula is C14H27NO. The Morgan fingerprint density at radius 2 is 1.75 bits per heavy atom. The number of aliphatic hydroxyl groups excluding tert-OH is 1. The molecule has 0 heterocycles. The van der Waals surface area contributed by atoms with Crippen LogP contribution in [0.3, 0.4) is 0 Å². The summed E-state index contributed by atoms with van der Waals surface area (Å²) in [6.45, 7) is 2.75. The van der Waals surface area contributed by atoms with Gasteiger partial charge in [-0.3, -0.25) is 0 Å². The molecule has 0 spiro atoms. The van der Waals surface area contributed by atoms with Crippen molar-refractivity contribution >= 4 is 0 Å². The molecule has 16 heavy (non-hydrogen) atoms. The van der Waals surface area contributed by atoms with Crippen molar-refractivity contribution in [3.05, 3.63) is 0 Å².